The Morgan fingerprint density at radius 2 is 1.68 bits per heavy atom. The van der Waals surface area contributed by atoms with Gasteiger partial charge in [0.1, 0.15) is 11.6 Å². The summed E-state index contributed by atoms with van der Waals surface area (Å²) in [4.78, 5) is 12.1. The van der Waals surface area contributed by atoms with Crippen molar-refractivity contribution in [3.05, 3.63) is 64.4 Å². The minimum absolute atomic E-state index is 0.218. The molecule has 2 rings (SSSR count). The minimum atomic E-state index is -0.621. The average Bonchev–Trinajstić information content (AvgIpc) is 2.50. The molecular weight excluding hydrogens is 349 g/mol. The largest absolute Gasteiger partial charge is 0.481 e. The van der Waals surface area contributed by atoms with E-state index in [-0.39, 0.29) is 17.8 Å². The molecule has 1 amide bonds. The first-order valence-corrected chi connectivity index (χ1v) is 7.73. The van der Waals surface area contributed by atoms with Crippen molar-refractivity contribution in [3.8, 4) is 5.75 Å². The van der Waals surface area contributed by atoms with Crippen molar-refractivity contribution in [2.24, 2.45) is 0 Å². The summed E-state index contributed by atoms with van der Waals surface area (Å²) < 4.78 is 19.4. The standard InChI is InChI=1S/C17H17BrFNO2/c1-11(13-3-7-15(19)8-4-13)20-17(21)12(2)22-16-9-5-14(18)6-10-16/h3-12H,1-2H3,(H,20,21)/t11-,12+/m1/s1. The first-order valence-electron chi connectivity index (χ1n) is 6.94. The maximum Gasteiger partial charge on any atom is 0.261 e. The lowest BCUT2D eigenvalue weighted by Gasteiger charge is -2.19. The van der Waals surface area contributed by atoms with Crippen LogP contribution in [0, 0.1) is 5.82 Å². The molecular formula is C17H17BrFNO2. The number of hydrogen-bond acceptors (Lipinski definition) is 2. The van der Waals surface area contributed by atoms with Crippen molar-refractivity contribution in [1.82, 2.24) is 5.32 Å². The number of carbonyl (C=O) groups is 1. The molecule has 0 saturated carbocycles. The summed E-state index contributed by atoms with van der Waals surface area (Å²) in [7, 11) is 0. The van der Waals surface area contributed by atoms with Crippen LogP contribution >= 0.6 is 15.9 Å². The van der Waals surface area contributed by atoms with Crippen molar-refractivity contribution in [2.75, 3.05) is 0 Å². The zero-order valence-corrected chi connectivity index (χ0v) is 13.9. The van der Waals surface area contributed by atoms with Crippen LogP contribution in [0.25, 0.3) is 0 Å². The number of nitrogens with one attached hydrogen (secondary N) is 1. The van der Waals surface area contributed by atoms with Crippen LogP contribution in [0.5, 0.6) is 5.75 Å². The molecule has 2 aromatic carbocycles. The van der Waals surface area contributed by atoms with Crippen molar-refractivity contribution in [3.63, 3.8) is 0 Å². The fraction of sp³-hybridized carbons (Fsp3) is 0.235. The van der Waals surface area contributed by atoms with Crippen LogP contribution in [0.1, 0.15) is 25.5 Å². The smallest absolute Gasteiger partial charge is 0.261 e. The van der Waals surface area contributed by atoms with Gasteiger partial charge in [-0.05, 0) is 55.8 Å². The van der Waals surface area contributed by atoms with E-state index in [1.54, 1.807) is 31.2 Å². The van der Waals surface area contributed by atoms with Crippen LogP contribution in [-0.2, 0) is 4.79 Å². The van der Waals surface area contributed by atoms with E-state index in [0.717, 1.165) is 10.0 Å². The summed E-state index contributed by atoms with van der Waals surface area (Å²) in [5.41, 5.74) is 0.839. The Kier molecular flexibility index (Phi) is 5.55. The molecule has 2 aromatic rings. The third-order valence-electron chi connectivity index (χ3n) is 3.22. The van der Waals surface area contributed by atoms with Gasteiger partial charge < -0.3 is 10.1 Å². The normalized spacial score (nSPS) is 13.3. The zero-order chi connectivity index (χ0) is 16.1. The van der Waals surface area contributed by atoms with Crippen LogP contribution in [0.3, 0.4) is 0 Å². The molecule has 0 bridgehead atoms. The van der Waals surface area contributed by atoms with Crippen LogP contribution in [0.2, 0.25) is 0 Å². The fourth-order valence-corrected chi connectivity index (χ4v) is 2.20. The number of amides is 1. The number of rotatable bonds is 5. The van der Waals surface area contributed by atoms with E-state index in [1.165, 1.54) is 12.1 Å². The Hall–Kier alpha value is -1.88. The van der Waals surface area contributed by atoms with Crippen molar-refractivity contribution in [2.45, 2.75) is 26.0 Å². The molecule has 116 valence electrons. The predicted octanol–water partition coefficient (Wildman–Crippen LogP) is 4.23. The highest BCUT2D eigenvalue weighted by molar-refractivity contribution is 9.10. The number of hydrogen-bond donors (Lipinski definition) is 1. The molecule has 0 aromatic heterocycles. The molecule has 1 N–H and O–H groups in total. The lowest BCUT2D eigenvalue weighted by atomic mass is 10.1. The summed E-state index contributed by atoms with van der Waals surface area (Å²) >= 11 is 3.34. The zero-order valence-electron chi connectivity index (χ0n) is 12.3. The molecule has 0 saturated heterocycles. The summed E-state index contributed by atoms with van der Waals surface area (Å²) in [6.07, 6.45) is -0.621. The highest BCUT2D eigenvalue weighted by Crippen LogP contribution is 2.18. The van der Waals surface area contributed by atoms with Crippen LogP contribution in [0.4, 0.5) is 4.39 Å². The number of carbonyl (C=O) groups excluding carboxylic acids is 1. The van der Waals surface area contributed by atoms with Gasteiger partial charge >= 0.3 is 0 Å². The molecule has 0 radical (unpaired) electrons. The SMILES string of the molecule is C[C@H](Oc1ccc(Br)cc1)C(=O)N[C@H](C)c1ccc(F)cc1. The van der Waals surface area contributed by atoms with Gasteiger partial charge in [0.05, 0.1) is 6.04 Å². The summed E-state index contributed by atoms with van der Waals surface area (Å²) in [5.74, 6) is 0.106. The van der Waals surface area contributed by atoms with E-state index in [4.69, 9.17) is 4.74 Å². The van der Waals surface area contributed by atoms with Gasteiger partial charge in [0, 0.05) is 4.47 Å². The van der Waals surface area contributed by atoms with Gasteiger partial charge in [-0.25, -0.2) is 4.39 Å². The van der Waals surface area contributed by atoms with Gasteiger partial charge in [-0.1, -0.05) is 28.1 Å². The Bertz CT molecular complexity index is 628. The van der Waals surface area contributed by atoms with E-state index in [1.807, 2.05) is 19.1 Å². The monoisotopic (exact) mass is 365 g/mol. The highest BCUT2D eigenvalue weighted by atomic mass is 79.9. The second-order valence-corrected chi connectivity index (χ2v) is 5.91. The van der Waals surface area contributed by atoms with Gasteiger partial charge in [0.15, 0.2) is 6.10 Å². The second-order valence-electron chi connectivity index (χ2n) is 5.00. The van der Waals surface area contributed by atoms with E-state index < -0.39 is 6.10 Å². The van der Waals surface area contributed by atoms with Gasteiger partial charge in [-0.15, -0.1) is 0 Å². The second kappa shape index (κ2) is 7.40. The third kappa shape index (κ3) is 4.56. The molecule has 0 spiro atoms. The van der Waals surface area contributed by atoms with Crippen LogP contribution < -0.4 is 10.1 Å². The Balaban J connectivity index is 1.93. The molecule has 0 unspecified atom stereocenters. The predicted molar refractivity (Wildman–Crippen MR) is 87.2 cm³/mol. The quantitative estimate of drug-likeness (QED) is 0.860. The molecule has 22 heavy (non-hydrogen) atoms. The van der Waals surface area contributed by atoms with E-state index in [0.29, 0.717) is 5.75 Å². The molecule has 0 aliphatic heterocycles. The van der Waals surface area contributed by atoms with E-state index in [2.05, 4.69) is 21.2 Å². The number of ether oxygens (including phenoxy) is 1. The molecule has 5 heteroatoms. The molecule has 0 fully saturated rings. The van der Waals surface area contributed by atoms with Gasteiger partial charge in [-0.3, -0.25) is 4.79 Å². The average molecular weight is 366 g/mol. The van der Waals surface area contributed by atoms with Crippen LogP contribution in [0.15, 0.2) is 53.0 Å². The molecule has 3 nitrogen and oxygen atoms in total. The topological polar surface area (TPSA) is 38.3 Å². The highest BCUT2D eigenvalue weighted by Gasteiger charge is 2.17. The molecule has 2 atom stereocenters. The Morgan fingerprint density at radius 1 is 1.09 bits per heavy atom. The Morgan fingerprint density at radius 3 is 2.27 bits per heavy atom. The third-order valence-corrected chi connectivity index (χ3v) is 3.75. The number of benzene rings is 2. The first-order chi connectivity index (χ1) is 10.5. The molecule has 0 aliphatic rings. The molecule has 0 aliphatic carbocycles. The van der Waals surface area contributed by atoms with Gasteiger partial charge in [0.2, 0.25) is 0 Å². The van der Waals surface area contributed by atoms with Crippen LogP contribution in [-0.4, -0.2) is 12.0 Å². The van der Waals surface area contributed by atoms with Crippen molar-refractivity contribution in [1.29, 1.82) is 0 Å². The summed E-state index contributed by atoms with van der Waals surface area (Å²) in [6.45, 7) is 3.53. The van der Waals surface area contributed by atoms with Crippen molar-refractivity contribution >= 4 is 21.8 Å². The lowest BCUT2D eigenvalue weighted by molar-refractivity contribution is -0.127. The van der Waals surface area contributed by atoms with E-state index >= 15 is 0 Å². The maximum atomic E-state index is 12.9. The van der Waals surface area contributed by atoms with Gasteiger partial charge in [-0.2, -0.15) is 0 Å². The Labute approximate surface area is 137 Å². The summed E-state index contributed by atoms with van der Waals surface area (Å²) in [6, 6.07) is 13.1. The van der Waals surface area contributed by atoms with Gasteiger partial charge in [0.25, 0.3) is 5.91 Å². The summed E-state index contributed by atoms with van der Waals surface area (Å²) in [5, 5.41) is 2.85. The van der Waals surface area contributed by atoms with E-state index in [9.17, 15) is 9.18 Å². The van der Waals surface area contributed by atoms with Crippen molar-refractivity contribution < 1.29 is 13.9 Å². The fourth-order valence-electron chi connectivity index (χ4n) is 1.94. The number of halogens is 2. The first kappa shape index (κ1) is 16.5. The lowest BCUT2D eigenvalue weighted by Crippen LogP contribution is -2.37. The minimum Gasteiger partial charge on any atom is -0.481 e. The molecule has 0 heterocycles. The maximum absolute atomic E-state index is 12.9.